The lowest BCUT2D eigenvalue weighted by atomic mass is 9.67. The van der Waals surface area contributed by atoms with E-state index in [0.717, 1.165) is 38.5 Å². The van der Waals surface area contributed by atoms with Gasteiger partial charge in [-0.2, -0.15) is 0 Å². The molecular formula is C37H73NO3. The Balaban J connectivity index is 4.16. The van der Waals surface area contributed by atoms with Crippen LogP contribution in [-0.2, 0) is 9.59 Å². The highest BCUT2D eigenvalue weighted by atomic mass is 16.3. The van der Waals surface area contributed by atoms with Gasteiger partial charge in [-0.25, -0.2) is 0 Å². The minimum absolute atomic E-state index is 0.157. The van der Waals surface area contributed by atoms with Gasteiger partial charge in [0.2, 0.25) is 0 Å². The highest BCUT2D eigenvalue weighted by Crippen LogP contribution is 2.37. The van der Waals surface area contributed by atoms with Crippen molar-refractivity contribution in [3.8, 4) is 0 Å². The van der Waals surface area contributed by atoms with Gasteiger partial charge >= 0.3 is 0 Å². The molecule has 0 saturated carbocycles. The summed E-state index contributed by atoms with van der Waals surface area (Å²) in [5.41, 5.74) is 2.84. The molecule has 0 aliphatic rings. The summed E-state index contributed by atoms with van der Waals surface area (Å²) in [5, 5.41) is 10.8. The summed E-state index contributed by atoms with van der Waals surface area (Å²) in [6.45, 7) is 7.79. The van der Waals surface area contributed by atoms with Crippen molar-refractivity contribution in [3.63, 3.8) is 0 Å². The number of ketones is 2. The topological polar surface area (TPSA) is 80.4 Å². The second-order valence-electron chi connectivity index (χ2n) is 13.2. The van der Waals surface area contributed by atoms with Crippen molar-refractivity contribution >= 4 is 11.6 Å². The third-order valence-electron chi connectivity index (χ3n) is 9.36. The van der Waals surface area contributed by atoms with Crippen molar-refractivity contribution in [3.05, 3.63) is 0 Å². The molecule has 3 N–H and O–H groups in total. The molecule has 0 heterocycles. The number of carbonyl (C=O) groups is 2. The van der Waals surface area contributed by atoms with Crippen molar-refractivity contribution in [2.45, 2.75) is 220 Å². The molecule has 41 heavy (non-hydrogen) atoms. The Labute approximate surface area is 256 Å². The summed E-state index contributed by atoms with van der Waals surface area (Å²) in [5.74, 6) is -0.314. The lowest BCUT2D eigenvalue weighted by molar-refractivity contribution is -0.159. The van der Waals surface area contributed by atoms with Crippen LogP contribution < -0.4 is 5.73 Å². The van der Waals surface area contributed by atoms with Crippen molar-refractivity contribution in [1.82, 2.24) is 0 Å². The van der Waals surface area contributed by atoms with E-state index in [4.69, 9.17) is 5.73 Å². The second-order valence-corrected chi connectivity index (χ2v) is 13.2. The van der Waals surface area contributed by atoms with Gasteiger partial charge in [0.25, 0.3) is 0 Å². The van der Waals surface area contributed by atoms with Crippen LogP contribution in [0, 0.1) is 5.41 Å². The molecule has 1 unspecified atom stereocenters. The first-order valence-corrected chi connectivity index (χ1v) is 18.4. The van der Waals surface area contributed by atoms with Crippen LogP contribution in [0.1, 0.15) is 214 Å². The zero-order valence-corrected chi connectivity index (χ0v) is 28.3. The van der Waals surface area contributed by atoms with E-state index in [1.165, 1.54) is 135 Å². The monoisotopic (exact) mass is 580 g/mol. The molecule has 0 bridgehead atoms. The van der Waals surface area contributed by atoms with Gasteiger partial charge in [0, 0.05) is 12.8 Å². The molecule has 4 nitrogen and oxygen atoms in total. The summed E-state index contributed by atoms with van der Waals surface area (Å²) in [6, 6.07) is 0. The van der Waals surface area contributed by atoms with Gasteiger partial charge in [-0.05, 0) is 26.2 Å². The summed E-state index contributed by atoms with van der Waals surface area (Å²) >= 11 is 0. The molecule has 244 valence electrons. The summed E-state index contributed by atoms with van der Waals surface area (Å²) < 4.78 is 0. The van der Waals surface area contributed by atoms with Gasteiger partial charge in [0.05, 0.1) is 0 Å². The zero-order valence-electron chi connectivity index (χ0n) is 28.3. The lowest BCUT2D eigenvalue weighted by Crippen LogP contribution is -2.61. The number of hydrogen-bond acceptors (Lipinski definition) is 4. The van der Waals surface area contributed by atoms with Crippen LogP contribution in [0.3, 0.4) is 0 Å². The van der Waals surface area contributed by atoms with Crippen LogP contribution in [0.4, 0.5) is 0 Å². The molecule has 0 saturated heterocycles. The van der Waals surface area contributed by atoms with E-state index < -0.39 is 11.1 Å². The van der Waals surface area contributed by atoms with Gasteiger partial charge < -0.3 is 10.8 Å². The van der Waals surface area contributed by atoms with Crippen molar-refractivity contribution < 1.29 is 14.7 Å². The maximum Gasteiger partial charge on any atom is 0.150 e. The smallest absolute Gasteiger partial charge is 0.150 e. The summed E-state index contributed by atoms with van der Waals surface area (Å²) in [6.07, 6.45) is 33.5. The van der Waals surface area contributed by atoms with E-state index in [0.29, 0.717) is 12.8 Å². The Morgan fingerprint density at radius 3 is 0.878 bits per heavy atom. The fourth-order valence-corrected chi connectivity index (χ4v) is 6.51. The van der Waals surface area contributed by atoms with Crippen molar-refractivity contribution in [2.24, 2.45) is 11.1 Å². The quantitative estimate of drug-likeness (QED) is 0.0472. The molecule has 0 aromatic rings. The number of aliphatic hydroxyl groups is 1. The molecule has 0 rings (SSSR count). The summed E-state index contributed by atoms with van der Waals surface area (Å²) in [7, 11) is 0. The molecule has 0 aliphatic heterocycles. The van der Waals surface area contributed by atoms with E-state index in [-0.39, 0.29) is 18.0 Å². The molecule has 0 radical (unpaired) electrons. The molecule has 0 spiro atoms. The average molecular weight is 580 g/mol. The Bertz CT molecular complexity index is 568. The molecule has 4 heteroatoms. The van der Waals surface area contributed by atoms with Gasteiger partial charge in [0.1, 0.15) is 11.1 Å². The molecule has 0 aromatic heterocycles. The van der Waals surface area contributed by atoms with Crippen LogP contribution in [0.2, 0.25) is 0 Å². The standard InChI is InChI=1S/C37H73NO3/c1-5-8-10-12-14-16-18-20-22-24-26-28-30-32-34(39)37(7-3,36(4,38)41)35(40)33-31-29-27-25-23-21-19-17-15-13-11-9-6-2/h41H,5-33,38H2,1-4H3. The highest BCUT2D eigenvalue weighted by molar-refractivity contribution is 6.08. The highest BCUT2D eigenvalue weighted by Gasteiger charge is 2.53. The first-order chi connectivity index (χ1) is 19.8. The number of rotatable bonds is 32. The van der Waals surface area contributed by atoms with Crippen LogP contribution in [0.15, 0.2) is 0 Å². The Kier molecular flexibility index (Phi) is 26.4. The number of Topliss-reactive ketones (excluding diaryl/α,β-unsaturated/α-hetero) is 2. The predicted octanol–water partition coefficient (Wildman–Crippen LogP) is 11.2. The third kappa shape index (κ3) is 19.2. The second kappa shape index (κ2) is 26.9. The fraction of sp³-hybridized carbons (Fsp3) is 0.946. The number of hydrogen-bond donors (Lipinski definition) is 2. The SMILES string of the molecule is CCCCCCCCCCCCCCCC(=O)C(CC)(C(=O)CCCCCCCCCCCCCCC)C(C)(N)O. The van der Waals surface area contributed by atoms with E-state index >= 15 is 0 Å². The van der Waals surface area contributed by atoms with Gasteiger partial charge in [0.15, 0.2) is 11.6 Å². The van der Waals surface area contributed by atoms with Gasteiger partial charge in [-0.3, -0.25) is 9.59 Å². The maximum atomic E-state index is 13.4. The predicted molar refractivity (Wildman–Crippen MR) is 178 cm³/mol. The van der Waals surface area contributed by atoms with E-state index in [1.807, 2.05) is 6.92 Å². The number of nitrogens with two attached hydrogens (primary N) is 1. The van der Waals surface area contributed by atoms with Crippen molar-refractivity contribution in [2.75, 3.05) is 0 Å². The minimum atomic E-state index is -1.82. The van der Waals surface area contributed by atoms with Gasteiger partial charge in [-0.1, -0.05) is 175 Å². The normalized spacial score (nSPS) is 13.4. The Morgan fingerprint density at radius 1 is 0.463 bits per heavy atom. The van der Waals surface area contributed by atoms with Crippen LogP contribution in [0.5, 0.6) is 0 Å². The molecule has 1 atom stereocenters. The molecule has 0 aliphatic carbocycles. The number of carbonyl (C=O) groups excluding carboxylic acids is 2. The average Bonchev–Trinajstić information content (AvgIpc) is 2.93. The minimum Gasteiger partial charge on any atom is -0.375 e. The first-order valence-electron chi connectivity index (χ1n) is 18.4. The van der Waals surface area contributed by atoms with E-state index in [2.05, 4.69) is 13.8 Å². The van der Waals surface area contributed by atoms with E-state index in [9.17, 15) is 14.7 Å². The Morgan fingerprint density at radius 2 is 0.683 bits per heavy atom. The molecule has 0 fully saturated rings. The largest absolute Gasteiger partial charge is 0.375 e. The zero-order chi connectivity index (χ0) is 30.7. The van der Waals surface area contributed by atoms with Gasteiger partial charge in [-0.15, -0.1) is 0 Å². The van der Waals surface area contributed by atoms with Crippen LogP contribution >= 0.6 is 0 Å². The number of unbranched alkanes of at least 4 members (excludes halogenated alkanes) is 24. The molecule has 0 amide bonds. The fourth-order valence-electron chi connectivity index (χ4n) is 6.51. The van der Waals surface area contributed by atoms with Crippen LogP contribution in [0.25, 0.3) is 0 Å². The van der Waals surface area contributed by atoms with Crippen LogP contribution in [-0.4, -0.2) is 22.4 Å². The van der Waals surface area contributed by atoms with Crippen molar-refractivity contribution in [1.29, 1.82) is 0 Å². The molecule has 0 aromatic carbocycles. The first kappa shape index (κ1) is 40.3. The van der Waals surface area contributed by atoms with E-state index in [1.54, 1.807) is 0 Å². The maximum absolute atomic E-state index is 13.4. The third-order valence-corrected chi connectivity index (χ3v) is 9.36. The molecular weight excluding hydrogens is 506 g/mol. The summed E-state index contributed by atoms with van der Waals surface area (Å²) in [4.78, 5) is 26.7. The Hall–Kier alpha value is -0.740. The lowest BCUT2D eigenvalue weighted by Gasteiger charge is -2.40.